The molecular weight excluding hydrogens is 354 g/mol. The minimum absolute atomic E-state index is 0.680. The van der Waals surface area contributed by atoms with Crippen LogP contribution in [0.25, 0.3) is 16.3 Å². The van der Waals surface area contributed by atoms with Crippen molar-refractivity contribution in [3.63, 3.8) is 0 Å². The highest BCUT2D eigenvalue weighted by Crippen LogP contribution is 2.37. The molecule has 0 aliphatic carbocycles. The zero-order valence-corrected chi connectivity index (χ0v) is 17.8. The number of rotatable bonds is 6. The maximum atomic E-state index is 5.52. The molecule has 1 aromatic carbocycles. The molecule has 2 heterocycles. The van der Waals surface area contributed by atoms with E-state index in [0.29, 0.717) is 6.04 Å². The van der Waals surface area contributed by atoms with Crippen LogP contribution in [0.4, 0.5) is 0 Å². The van der Waals surface area contributed by atoms with Crippen molar-refractivity contribution < 1.29 is 4.74 Å². The average molecular weight is 386 g/mol. The number of nitrogens with zero attached hydrogens (tertiary/aromatic N) is 3. The number of aryl methyl sites for hydroxylation is 1. The maximum Gasteiger partial charge on any atom is 0.129 e. The summed E-state index contributed by atoms with van der Waals surface area (Å²) < 4.78 is 5.52. The highest BCUT2D eigenvalue weighted by atomic mass is 32.1. The summed E-state index contributed by atoms with van der Waals surface area (Å²) in [5.74, 6) is 0.864. The monoisotopic (exact) mass is 385 g/mol. The molecule has 1 atom stereocenters. The molecule has 0 radical (unpaired) electrons. The molecule has 5 heteroatoms. The van der Waals surface area contributed by atoms with Gasteiger partial charge < -0.3 is 14.5 Å². The second-order valence-corrected chi connectivity index (χ2v) is 8.22. The Bertz CT molecular complexity index is 786. The lowest BCUT2D eigenvalue weighted by Crippen LogP contribution is -2.32. The highest BCUT2D eigenvalue weighted by molar-refractivity contribution is 7.16. The van der Waals surface area contributed by atoms with E-state index in [-0.39, 0.29) is 0 Å². The molecule has 1 aliphatic rings. The Labute approximate surface area is 167 Å². The van der Waals surface area contributed by atoms with Gasteiger partial charge in [0.1, 0.15) is 10.8 Å². The lowest BCUT2D eigenvalue weighted by atomic mass is 10.1. The molecule has 146 valence electrons. The van der Waals surface area contributed by atoms with Crippen LogP contribution < -0.4 is 4.74 Å². The van der Waals surface area contributed by atoms with Crippen molar-refractivity contribution in [1.82, 2.24) is 14.8 Å². The van der Waals surface area contributed by atoms with Crippen LogP contribution in [0, 0.1) is 6.92 Å². The number of ether oxygens (including phenoxy) is 1. The van der Waals surface area contributed by atoms with Gasteiger partial charge in [0, 0.05) is 24.8 Å². The molecule has 0 saturated carbocycles. The summed E-state index contributed by atoms with van der Waals surface area (Å²) in [5, 5.41) is 1.000. The number of aromatic nitrogens is 1. The Morgan fingerprint density at radius 2 is 2.11 bits per heavy atom. The predicted octanol–water partition coefficient (Wildman–Crippen LogP) is 4.90. The summed E-state index contributed by atoms with van der Waals surface area (Å²) in [7, 11) is 3.95. The third kappa shape index (κ3) is 4.36. The van der Waals surface area contributed by atoms with Crippen LogP contribution in [0.3, 0.4) is 0 Å². The molecule has 1 aromatic heterocycles. The zero-order chi connectivity index (χ0) is 19.4. The molecule has 3 rings (SSSR count). The molecule has 1 aliphatic heterocycles. The van der Waals surface area contributed by atoms with E-state index < -0.39 is 0 Å². The van der Waals surface area contributed by atoms with Gasteiger partial charge in [-0.15, -0.1) is 11.3 Å². The van der Waals surface area contributed by atoms with E-state index in [1.54, 1.807) is 18.4 Å². The third-order valence-electron chi connectivity index (χ3n) is 5.60. The van der Waals surface area contributed by atoms with Gasteiger partial charge in [-0.3, -0.25) is 0 Å². The second kappa shape index (κ2) is 8.89. The van der Waals surface area contributed by atoms with Crippen molar-refractivity contribution in [2.75, 3.05) is 33.8 Å². The van der Waals surface area contributed by atoms with Gasteiger partial charge in [-0.1, -0.05) is 25.6 Å². The summed E-state index contributed by atoms with van der Waals surface area (Å²) >= 11 is 1.72. The lowest BCUT2D eigenvalue weighted by molar-refractivity contribution is 0.232. The van der Waals surface area contributed by atoms with E-state index in [9.17, 15) is 0 Å². The normalized spacial score (nSPS) is 17.8. The number of thiazole rings is 1. The van der Waals surface area contributed by atoms with Crippen LogP contribution in [0.2, 0.25) is 0 Å². The maximum absolute atomic E-state index is 5.52. The van der Waals surface area contributed by atoms with E-state index in [1.165, 1.54) is 24.1 Å². The first-order valence-corrected chi connectivity index (χ1v) is 10.6. The Balaban J connectivity index is 1.79. The first-order valence-electron chi connectivity index (χ1n) is 9.80. The number of methoxy groups -OCH3 is 1. The number of benzene rings is 1. The molecule has 1 fully saturated rings. The van der Waals surface area contributed by atoms with E-state index in [0.717, 1.165) is 47.3 Å². The Morgan fingerprint density at radius 3 is 2.85 bits per heavy atom. The summed E-state index contributed by atoms with van der Waals surface area (Å²) in [4.78, 5) is 11.0. The van der Waals surface area contributed by atoms with Crippen molar-refractivity contribution in [3.05, 3.63) is 41.4 Å². The van der Waals surface area contributed by atoms with Crippen molar-refractivity contribution in [2.24, 2.45) is 0 Å². The number of hydrogen-bond acceptors (Lipinski definition) is 5. The van der Waals surface area contributed by atoms with Crippen molar-refractivity contribution in [2.45, 2.75) is 39.2 Å². The summed E-state index contributed by atoms with van der Waals surface area (Å²) in [5.41, 5.74) is 3.22. The zero-order valence-electron chi connectivity index (χ0n) is 17.0. The Hall–Kier alpha value is -1.85. The van der Waals surface area contributed by atoms with Crippen LogP contribution in [0.5, 0.6) is 5.75 Å². The lowest BCUT2D eigenvalue weighted by Gasteiger charge is -2.27. The largest absolute Gasteiger partial charge is 0.496 e. The number of likely N-dealkylation sites (tertiary alicyclic amines) is 1. The summed E-state index contributed by atoms with van der Waals surface area (Å²) in [6, 6.07) is 8.76. The molecule has 4 nitrogen and oxygen atoms in total. The molecule has 0 N–H and O–H groups in total. The fourth-order valence-electron chi connectivity index (χ4n) is 3.79. The molecule has 0 spiro atoms. The van der Waals surface area contributed by atoms with E-state index in [1.807, 2.05) is 18.2 Å². The number of hydrogen-bond donors (Lipinski definition) is 0. The van der Waals surface area contributed by atoms with Crippen LogP contribution in [0.15, 0.2) is 30.8 Å². The van der Waals surface area contributed by atoms with Gasteiger partial charge in [-0.2, -0.15) is 0 Å². The summed E-state index contributed by atoms with van der Waals surface area (Å²) in [6.45, 7) is 12.0. The van der Waals surface area contributed by atoms with Gasteiger partial charge in [-0.25, -0.2) is 4.98 Å². The minimum atomic E-state index is 0.680. The SMILES string of the molecule is C=C(c1sc(-c2ccccc2OC)nc1C)N1CCCC(N(C)CC)CC1. The van der Waals surface area contributed by atoms with Crippen molar-refractivity contribution in [1.29, 1.82) is 0 Å². The van der Waals surface area contributed by atoms with Gasteiger partial charge in [0.25, 0.3) is 0 Å². The highest BCUT2D eigenvalue weighted by Gasteiger charge is 2.23. The molecular formula is C22H31N3OS. The third-order valence-corrected chi connectivity index (χ3v) is 6.84. The first kappa shape index (κ1) is 19.9. The molecule has 2 aromatic rings. The predicted molar refractivity (Wildman–Crippen MR) is 115 cm³/mol. The topological polar surface area (TPSA) is 28.6 Å². The Morgan fingerprint density at radius 1 is 1.33 bits per heavy atom. The van der Waals surface area contributed by atoms with Crippen LogP contribution >= 0.6 is 11.3 Å². The van der Waals surface area contributed by atoms with Gasteiger partial charge in [0.2, 0.25) is 0 Å². The van der Waals surface area contributed by atoms with Crippen LogP contribution in [0.1, 0.15) is 36.8 Å². The van der Waals surface area contributed by atoms with E-state index >= 15 is 0 Å². The van der Waals surface area contributed by atoms with Gasteiger partial charge in [-0.05, 0) is 51.9 Å². The quantitative estimate of drug-likeness (QED) is 0.707. The van der Waals surface area contributed by atoms with E-state index in [2.05, 4.69) is 43.3 Å². The van der Waals surface area contributed by atoms with Crippen LogP contribution in [-0.2, 0) is 0 Å². The second-order valence-electron chi connectivity index (χ2n) is 7.23. The van der Waals surface area contributed by atoms with Crippen LogP contribution in [-0.4, -0.2) is 54.6 Å². The molecule has 1 saturated heterocycles. The minimum Gasteiger partial charge on any atom is -0.496 e. The fraction of sp³-hybridized carbons (Fsp3) is 0.500. The fourth-order valence-corrected chi connectivity index (χ4v) is 4.89. The molecule has 27 heavy (non-hydrogen) atoms. The Kier molecular flexibility index (Phi) is 6.55. The van der Waals surface area contributed by atoms with Gasteiger partial charge in [0.05, 0.1) is 23.2 Å². The smallest absolute Gasteiger partial charge is 0.129 e. The first-order chi connectivity index (χ1) is 13.0. The summed E-state index contributed by atoms with van der Waals surface area (Å²) in [6.07, 6.45) is 3.67. The van der Waals surface area contributed by atoms with E-state index in [4.69, 9.17) is 9.72 Å². The van der Waals surface area contributed by atoms with Crippen molar-refractivity contribution >= 4 is 17.0 Å². The molecule has 0 bridgehead atoms. The average Bonchev–Trinajstić information content (AvgIpc) is 2.92. The van der Waals surface area contributed by atoms with Crippen molar-refractivity contribution in [3.8, 4) is 16.3 Å². The standard InChI is InChI=1S/C22H31N3OS/c1-6-24(4)18-10-9-14-25(15-13-18)17(3)21-16(2)23-22(27-21)19-11-7-8-12-20(19)26-5/h7-8,11-12,18H,3,6,9-10,13-15H2,1-2,4-5H3. The molecule has 0 amide bonds. The number of para-hydroxylation sites is 1. The van der Waals surface area contributed by atoms with Gasteiger partial charge in [0.15, 0.2) is 0 Å². The van der Waals surface area contributed by atoms with Gasteiger partial charge >= 0.3 is 0 Å². The molecule has 1 unspecified atom stereocenters.